The first kappa shape index (κ1) is 108. The van der Waals surface area contributed by atoms with E-state index in [1.165, 1.54) is 55.4 Å². The number of H-pyrrole nitrogens is 1. The molecule has 1 saturated heterocycles. The van der Waals surface area contributed by atoms with Crippen LogP contribution in [0.3, 0.4) is 0 Å². The number of aromatic amines is 1. The number of aromatic nitrogens is 1. The summed E-state index contributed by atoms with van der Waals surface area (Å²) in [7, 11) is 1.76. The molecule has 42 nitrogen and oxygen atoms in total. The van der Waals surface area contributed by atoms with Crippen LogP contribution in [-0.4, -0.2) is 243 Å². The van der Waals surface area contributed by atoms with Crippen molar-refractivity contribution in [1.29, 1.82) is 0 Å². The van der Waals surface area contributed by atoms with Crippen molar-refractivity contribution in [3.63, 3.8) is 0 Å². The number of aliphatic hydroxyl groups is 1. The number of urea groups is 1. The predicted molar refractivity (Wildman–Crippen MR) is 495 cm³/mol. The quantitative estimate of drug-likeness (QED) is 0.0143. The third-order valence-corrected chi connectivity index (χ3v) is 25.9. The van der Waals surface area contributed by atoms with Crippen molar-refractivity contribution in [2.24, 2.45) is 34.4 Å². The topological polar surface area (TPSA) is 689 Å². The molecule has 1 aliphatic heterocycles. The van der Waals surface area contributed by atoms with Gasteiger partial charge in [-0.3, -0.25) is 81.5 Å². The second kappa shape index (κ2) is 50.6. The van der Waals surface area contributed by atoms with Gasteiger partial charge >= 0.3 is 6.03 Å². The molecule has 2 heterocycles. The third kappa shape index (κ3) is 33.9. The van der Waals surface area contributed by atoms with Crippen molar-refractivity contribution in [2.75, 3.05) is 39.3 Å². The van der Waals surface area contributed by atoms with Crippen LogP contribution in [0.5, 0.6) is 5.75 Å². The number of rotatable bonds is 44. The van der Waals surface area contributed by atoms with Gasteiger partial charge in [-0.15, -0.1) is 0 Å². The number of carbonyl (C=O) groups excluding carboxylic acids is 18. The fourth-order valence-corrected chi connectivity index (χ4v) is 17.2. The standard InChI is InChI=1S/C88H128N22O20S2/c1-47-20-18-23-57-55(46-98-68(47)57)43-62-75(120)100-58(25-19-37-97-84(94)129)73(118)108-71(87(9,10)132-131-86(7,8)70(99-50(4)113)80(125)105-63(44-66(92)115)76(121)107-69(48(2)111)79(124)103-62)81(126)104-60(41-51-27-30-56(31-28-51)130-39-35-90)74(119)101-61(42-52-26-29-53-21-12-13-22-54(53)40-52)78(123)110-88(11,33-15-16-34-89)83(128)106-59(24-14-17-36-95-49(3)112)72(117)102-64(45-67(93)116)77(122)109-85(5,6)82(127)96-38-32-65(91)114/h12-13,18,20-23,26-31,40,46,48,58-64,69-71,98,111H,14-17,19,24-25,32-39,41-45,89-90H2,1-11H3,(H2,91,114)(H2,92,115)(H2,93,116)(H,95,112)(H,96,127)(H,99,113)(H,100,120)(H,101,119)(H,102,117)(H,103,124)(H,104,126)(H,105,125)(H,106,128)(H,107,121)(H,108,118)(H,109,122)(H,110,123)(H3,94,97,129)/t48-,58+,59+,60+,61+,62+,63+,64+,69+,70-,71-,88?/m1/s1. The molecule has 1 fully saturated rings. The molecule has 1 aromatic heterocycles. The molecule has 5 aromatic rings. The predicted octanol–water partition coefficient (Wildman–Crippen LogP) is -2.41. The van der Waals surface area contributed by atoms with Crippen LogP contribution in [0.4, 0.5) is 4.79 Å². The van der Waals surface area contributed by atoms with Gasteiger partial charge in [-0.2, -0.15) is 0 Å². The number of nitrogens with two attached hydrogens (primary N) is 6. The summed E-state index contributed by atoms with van der Waals surface area (Å²) >= 11 is 0. The van der Waals surface area contributed by atoms with Crippen LogP contribution in [0.15, 0.2) is 91.1 Å². The number of fused-ring (bicyclic) bond motifs is 2. The first-order chi connectivity index (χ1) is 62.1. The number of nitrogens with one attached hydrogen (secondary N) is 16. The Kier molecular flexibility index (Phi) is 41.5. The number of amides is 19. The summed E-state index contributed by atoms with van der Waals surface area (Å²) in [6, 6.07) is 5.42. The number of unbranched alkanes of at least 4 members (excludes halogenated alkanes) is 2. The van der Waals surface area contributed by atoms with E-state index in [1.807, 2.05) is 31.2 Å². The maximum atomic E-state index is 16.3. The molecule has 0 bridgehead atoms. The van der Waals surface area contributed by atoms with E-state index in [1.54, 1.807) is 66.9 Å². The first-order valence-electron chi connectivity index (χ1n) is 43.3. The molecular formula is C88H128N22O20S2. The number of benzene rings is 4. The number of ether oxygens (including phenoxy) is 1. The van der Waals surface area contributed by atoms with Gasteiger partial charge in [0.1, 0.15) is 83.9 Å². The molecule has 1 unspecified atom stereocenters. The van der Waals surface area contributed by atoms with Gasteiger partial charge in [0.2, 0.25) is 100 Å². The van der Waals surface area contributed by atoms with Crippen LogP contribution in [0.25, 0.3) is 21.7 Å². The Labute approximate surface area is 772 Å². The molecule has 132 heavy (non-hydrogen) atoms. The van der Waals surface area contributed by atoms with Gasteiger partial charge in [0.05, 0.1) is 18.9 Å². The molecule has 4 aromatic carbocycles. The number of hydrogen-bond acceptors (Lipinski definition) is 24. The molecule has 0 aliphatic carbocycles. The van der Waals surface area contributed by atoms with Gasteiger partial charge < -0.3 is 129 Å². The molecular weight excluding hydrogens is 1750 g/mol. The van der Waals surface area contributed by atoms with Crippen molar-refractivity contribution in [3.05, 3.63) is 113 Å². The Morgan fingerprint density at radius 3 is 1.80 bits per heavy atom. The van der Waals surface area contributed by atoms with Crippen molar-refractivity contribution < 1.29 is 96.1 Å². The molecule has 6 rings (SSSR count). The summed E-state index contributed by atoms with van der Waals surface area (Å²) in [5, 5.41) is 52.7. The number of para-hydroxylation sites is 1. The third-order valence-electron chi connectivity index (χ3n) is 21.7. The van der Waals surface area contributed by atoms with E-state index >= 15 is 28.8 Å². The minimum absolute atomic E-state index is 0.101. The smallest absolute Gasteiger partial charge is 0.312 e. The fourth-order valence-electron chi connectivity index (χ4n) is 14.3. The normalized spacial score (nSPS) is 18.9. The second-order valence-corrected chi connectivity index (χ2v) is 37.8. The van der Waals surface area contributed by atoms with E-state index in [4.69, 9.17) is 39.1 Å². The van der Waals surface area contributed by atoms with Crippen molar-refractivity contribution >= 4 is 150 Å². The van der Waals surface area contributed by atoms with E-state index in [9.17, 15) is 62.6 Å². The summed E-state index contributed by atoms with van der Waals surface area (Å²) in [4.78, 5) is 259. The van der Waals surface area contributed by atoms with Crippen LogP contribution < -0.4 is 119 Å². The number of hydrogen-bond donors (Lipinski definition) is 23. The zero-order chi connectivity index (χ0) is 98.1. The average molecular weight is 1880 g/mol. The molecule has 19 amide bonds. The molecule has 1 aliphatic rings. The lowest BCUT2D eigenvalue weighted by molar-refractivity contribution is -0.139. The Bertz CT molecular complexity index is 4970. The van der Waals surface area contributed by atoms with Crippen molar-refractivity contribution in [3.8, 4) is 5.75 Å². The van der Waals surface area contributed by atoms with Gasteiger partial charge in [0.25, 0.3) is 0 Å². The molecule has 0 spiro atoms. The van der Waals surface area contributed by atoms with Crippen LogP contribution in [0.2, 0.25) is 0 Å². The Morgan fingerprint density at radius 2 is 1.16 bits per heavy atom. The molecule has 0 radical (unpaired) electrons. The summed E-state index contributed by atoms with van der Waals surface area (Å²) in [6.45, 7) is 15.4. The number of aliphatic hydroxyl groups excluding tert-OH is 1. The van der Waals surface area contributed by atoms with Gasteiger partial charge in [-0.1, -0.05) is 94.4 Å². The van der Waals surface area contributed by atoms with Crippen LogP contribution >= 0.6 is 21.6 Å². The second-order valence-electron chi connectivity index (χ2n) is 34.4. The summed E-state index contributed by atoms with van der Waals surface area (Å²) in [6.07, 6.45) is -3.31. The van der Waals surface area contributed by atoms with Crippen molar-refractivity contribution in [2.45, 2.75) is 253 Å². The van der Waals surface area contributed by atoms with Gasteiger partial charge in [-0.05, 0) is 165 Å². The Hall–Kier alpha value is -12.7. The molecule has 29 N–H and O–H groups in total. The zero-order valence-electron chi connectivity index (χ0n) is 76.1. The largest absolute Gasteiger partial charge is 0.492 e. The lowest BCUT2D eigenvalue weighted by Gasteiger charge is -2.39. The lowest BCUT2D eigenvalue weighted by Crippen LogP contribution is -2.65. The minimum atomic E-state index is -2.06. The van der Waals surface area contributed by atoms with Gasteiger partial charge in [0.15, 0.2) is 0 Å². The van der Waals surface area contributed by atoms with Gasteiger partial charge in [0, 0.05) is 92.3 Å². The monoisotopic (exact) mass is 1880 g/mol. The fraction of sp³-hybridized carbons (Fsp3) is 0.523. The molecule has 722 valence electrons. The van der Waals surface area contributed by atoms with E-state index in [2.05, 4.69) is 84.7 Å². The summed E-state index contributed by atoms with van der Waals surface area (Å²) < 4.78 is 2.51. The highest BCUT2D eigenvalue weighted by atomic mass is 33.1. The van der Waals surface area contributed by atoms with Crippen LogP contribution in [0.1, 0.15) is 162 Å². The van der Waals surface area contributed by atoms with E-state index in [-0.39, 0.29) is 116 Å². The highest BCUT2D eigenvalue weighted by molar-refractivity contribution is 8.77. The summed E-state index contributed by atoms with van der Waals surface area (Å²) in [5.74, 6) is -16.4. The maximum Gasteiger partial charge on any atom is 0.312 e. The maximum absolute atomic E-state index is 16.3. The molecule has 12 atom stereocenters. The average Bonchev–Trinajstić information content (AvgIpc) is 0.816. The summed E-state index contributed by atoms with van der Waals surface area (Å²) in [5.41, 5.74) is 32.7. The number of aryl methyl sites for hydroxylation is 1. The minimum Gasteiger partial charge on any atom is -0.492 e. The lowest BCUT2D eigenvalue weighted by atomic mass is 9.91. The molecule has 44 heteroatoms. The van der Waals surface area contributed by atoms with E-state index < -0.39 is 207 Å². The van der Waals surface area contributed by atoms with E-state index in [0.717, 1.165) is 46.4 Å². The Morgan fingerprint density at radius 1 is 0.553 bits per heavy atom. The van der Waals surface area contributed by atoms with Crippen LogP contribution in [0, 0.1) is 6.92 Å². The highest BCUT2D eigenvalue weighted by Gasteiger charge is 2.48. The number of carbonyl (C=O) groups is 18. The Balaban J connectivity index is 1.53. The highest BCUT2D eigenvalue weighted by Crippen LogP contribution is 2.47. The zero-order valence-corrected chi connectivity index (χ0v) is 77.8. The SMILES string of the molecule is CC(=O)NCCCC[C@H](NC(=O)C(C)(CCCCN)NC(=O)[C@H](Cc1ccc2ccccc2c1)NC(=O)[C@H](Cc1ccc(OCCN)cc1)NC(=O)[C@H]1NC(=O)[C@H](CCCNC(N)=O)NC(=O)[C@H](Cc2c[nH]c3c(C)cccc23)NC(=O)[C@H]([C@@H](C)O)NC(=O)[C@H](CC(N)=O)NC(=O)[C@@H](NC(C)=O)C(C)(C)SSC1(C)C)C(=O)N[C@@H](CC(N)=O)C(=O)NC(C)(C)C(=O)NCCC(N)=O. The van der Waals surface area contributed by atoms with E-state index in [0.29, 0.717) is 38.7 Å². The van der Waals surface area contributed by atoms with Crippen LogP contribution in [-0.2, 0) is 101 Å². The van der Waals surface area contributed by atoms with Crippen molar-refractivity contribution in [1.82, 2.24) is 84.7 Å². The number of primary amides is 4. The first-order valence-corrected chi connectivity index (χ1v) is 45.5. The molecule has 0 saturated carbocycles. The van der Waals surface area contributed by atoms with Gasteiger partial charge in [-0.25, -0.2) is 4.79 Å².